The number of unbranched alkanes of at least 4 members (excludes halogenated alkanes) is 4. The van der Waals surface area contributed by atoms with E-state index in [0.717, 1.165) is 12.8 Å². The van der Waals surface area contributed by atoms with Gasteiger partial charge in [0.1, 0.15) is 0 Å². The van der Waals surface area contributed by atoms with E-state index in [-0.39, 0.29) is 0 Å². The van der Waals surface area contributed by atoms with Crippen molar-refractivity contribution in [2.45, 2.75) is 45.4 Å². The van der Waals surface area contributed by atoms with Crippen LogP contribution in [0.15, 0.2) is 24.4 Å². The minimum absolute atomic E-state index is 0.598. The second-order valence-corrected chi connectivity index (χ2v) is 4.26. The molecular formula is C13H19NOS. The average Bonchev–Trinajstić information content (AvgIpc) is 2.30. The molecule has 1 heterocycles. The van der Waals surface area contributed by atoms with Gasteiger partial charge in [-0.1, -0.05) is 38.7 Å². The molecule has 0 bridgehead atoms. The quantitative estimate of drug-likeness (QED) is 0.525. The van der Waals surface area contributed by atoms with Crippen molar-refractivity contribution in [1.82, 2.24) is 4.98 Å². The highest BCUT2D eigenvalue weighted by atomic mass is 32.1. The van der Waals surface area contributed by atoms with Gasteiger partial charge in [0.05, 0.1) is 0 Å². The number of nitrogens with zero attached hydrogens (tertiary/aromatic N) is 1. The third kappa shape index (κ3) is 5.81. The van der Waals surface area contributed by atoms with Crippen LogP contribution in [0.2, 0.25) is 0 Å². The number of rotatable bonds is 7. The summed E-state index contributed by atoms with van der Waals surface area (Å²) in [6.45, 7) is 2.22. The van der Waals surface area contributed by atoms with E-state index in [1.54, 1.807) is 6.20 Å². The maximum atomic E-state index is 5.44. The average molecular weight is 237 g/mol. The van der Waals surface area contributed by atoms with E-state index in [4.69, 9.17) is 17.0 Å². The molecule has 0 amide bonds. The Balaban J connectivity index is 2.12. The minimum Gasteiger partial charge on any atom is -0.432 e. The number of aromatic nitrogens is 1. The molecule has 0 aliphatic heterocycles. The van der Waals surface area contributed by atoms with Gasteiger partial charge in [-0.2, -0.15) is 0 Å². The summed E-state index contributed by atoms with van der Waals surface area (Å²) in [6, 6.07) is 5.58. The van der Waals surface area contributed by atoms with Gasteiger partial charge < -0.3 is 4.74 Å². The lowest BCUT2D eigenvalue weighted by atomic mass is 10.1. The molecule has 88 valence electrons. The van der Waals surface area contributed by atoms with Crippen molar-refractivity contribution in [2.24, 2.45) is 0 Å². The first kappa shape index (κ1) is 13.1. The van der Waals surface area contributed by atoms with Crippen LogP contribution in [0.5, 0.6) is 5.88 Å². The van der Waals surface area contributed by atoms with Gasteiger partial charge in [0, 0.05) is 18.7 Å². The van der Waals surface area contributed by atoms with Crippen LogP contribution in [0.3, 0.4) is 0 Å². The van der Waals surface area contributed by atoms with E-state index >= 15 is 0 Å². The Morgan fingerprint density at radius 3 is 2.75 bits per heavy atom. The maximum absolute atomic E-state index is 5.44. The number of thiocarbonyl (C=S) groups is 1. The van der Waals surface area contributed by atoms with E-state index < -0.39 is 0 Å². The second-order valence-electron chi connectivity index (χ2n) is 3.81. The molecule has 3 heteroatoms. The highest BCUT2D eigenvalue weighted by molar-refractivity contribution is 7.80. The van der Waals surface area contributed by atoms with Crippen molar-refractivity contribution in [3.63, 3.8) is 0 Å². The first-order valence-electron chi connectivity index (χ1n) is 5.94. The largest absolute Gasteiger partial charge is 0.432 e. The number of pyridine rings is 1. The molecule has 1 rings (SSSR count). The van der Waals surface area contributed by atoms with Crippen molar-refractivity contribution in [1.29, 1.82) is 0 Å². The normalized spacial score (nSPS) is 10.1. The minimum atomic E-state index is 0.598. The standard InChI is InChI=1S/C13H19NOS/c1-2-3-4-5-6-10-13(16)15-12-9-7-8-11-14-12/h7-9,11H,2-6,10H2,1H3. The summed E-state index contributed by atoms with van der Waals surface area (Å²) in [6.07, 6.45) is 8.80. The van der Waals surface area contributed by atoms with Crippen LogP contribution >= 0.6 is 12.2 Å². The maximum Gasteiger partial charge on any atom is 0.219 e. The van der Waals surface area contributed by atoms with Crippen LogP contribution in [0.4, 0.5) is 0 Å². The van der Waals surface area contributed by atoms with Gasteiger partial charge in [0.2, 0.25) is 5.88 Å². The van der Waals surface area contributed by atoms with Crippen LogP contribution in [-0.2, 0) is 0 Å². The topological polar surface area (TPSA) is 22.1 Å². The molecule has 0 radical (unpaired) electrons. The zero-order chi connectivity index (χ0) is 11.6. The molecule has 0 aromatic carbocycles. The van der Waals surface area contributed by atoms with E-state index in [9.17, 15) is 0 Å². The highest BCUT2D eigenvalue weighted by Crippen LogP contribution is 2.09. The molecule has 0 fully saturated rings. The van der Waals surface area contributed by atoms with Gasteiger partial charge in [-0.3, -0.25) is 0 Å². The first-order chi connectivity index (χ1) is 7.83. The van der Waals surface area contributed by atoms with Gasteiger partial charge in [-0.25, -0.2) is 4.98 Å². The molecular weight excluding hydrogens is 218 g/mol. The molecule has 0 spiro atoms. The smallest absolute Gasteiger partial charge is 0.219 e. The third-order valence-corrected chi connectivity index (χ3v) is 2.63. The molecule has 0 saturated heterocycles. The van der Waals surface area contributed by atoms with Crippen LogP contribution in [0.25, 0.3) is 0 Å². The van der Waals surface area contributed by atoms with Crippen molar-refractivity contribution < 1.29 is 4.74 Å². The van der Waals surface area contributed by atoms with Gasteiger partial charge in [-0.15, -0.1) is 0 Å². The summed E-state index contributed by atoms with van der Waals surface area (Å²) in [5, 5.41) is 0.648. The Hall–Kier alpha value is -0.960. The zero-order valence-electron chi connectivity index (χ0n) is 9.82. The Morgan fingerprint density at radius 2 is 2.06 bits per heavy atom. The van der Waals surface area contributed by atoms with Crippen molar-refractivity contribution in [3.8, 4) is 5.88 Å². The Morgan fingerprint density at radius 1 is 1.25 bits per heavy atom. The lowest BCUT2D eigenvalue weighted by Gasteiger charge is -2.05. The van der Waals surface area contributed by atoms with Crippen molar-refractivity contribution in [3.05, 3.63) is 24.4 Å². The molecule has 0 atom stereocenters. The van der Waals surface area contributed by atoms with Gasteiger partial charge in [-0.05, 0) is 24.7 Å². The van der Waals surface area contributed by atoms with Crippen LogP contribution in [-0.4, -0.2) is 10.0 Å². The van der Waals surface area contributed by atoms with Gasteiger partial charge in [0.25, 0.3) is 0 Å². The van der Waals surface area contributed by atoms with Gasteiger partial charge in [0.15, 0.2) is 5.05 Å². The summed E-state index contributed by atoms with van der Waals surface area (Å²) >= 11 is 5.15. The molecule has 1 aromatic heterocycles. The number of hydrogen-bond acceptors (Lipinski definition) is 3. The van der Waals surface area contributed by atoms with Crippen LogP contribution in [0.1, 0.15) is 45.4 Å². The molecule has 16 heavy (non-hydrogen) atoms. The third-order valence-electron chi connectivity index (χ3n) is 2.34. The molecule has 2 nitrogen and oxygen atoms in total. The first-order valence-corrected chi connectivity index (χ1v) is 6.35. The zero-order valence-corrected chi connectivity index (χ0v) is 10.6. The summed E-state index contributed by atoms with van der Waals surface area (Å²) in [4.78, 5) is 4.07. The predicted octanol–water partition coefficient (Wildman–Crippen LogP) is 4.15. The van der Waals surface area contributed by atoms with Gasteiger partial charge >= 0.3 is 0 Å². The summed E-state index contributed by atoms with van der Waals surface area (Å²) in [7, 11) is 0. The molecule has 0 N–H and O–H groups in total. The monoisotopic (exact) mass is 237 g/mol. The lowest BCUT2D eigenvalue weighted by Crippen LogP contribution is -2.05. The molecule has 0 aliphatic rings. The lowest BCUT2D eigenvalue weighted by molar-refractivity contribution is 0.515. The van der Waals surface area contributed by atoms with Crippen LogP contribution in [0, 0.1) is 0 Å². The summed E-state index contributed by atoms with van der Waals surface area (Å²) in [5.74, 6) is 0.598. The van der Waals surface area contributed by atoms with E-state index in [2.05, 4.69) is 11.9 Å². The van der Waals surface area contributed by atoms with Crippen LogP contribution < -0.4 is 4.74 Å². The Kier molecular flexibility index (Phi) is 6.74. The predicted molar refractivity (Wildman–Crippen MR) is 70.8 cm³/mol. The molecule has 0 aliphatic carbocycles. The van der Waals surface area contributed by atoms with E-state index in [0.29, 0.717) is 10.9 Å². The highest BCUT2D eigenvalue weighted by Gasteiger charge is 2.00. The molecule has 0 saturated carbocycles. The SMILES string of the molecule is CCCCCCCC(=S)Oc1ccccn1. The molecule has 1 aromatic rings. The summed E-state index contributed by atoms with van der Waals surface area (Å²) in [5.41, 5.74) is 0. The fourth-order valence-electron chi connectivity index (χ4n) is 1.45. The van der Waals surface area contributed by atoms with Crippen molar-refractivity contribution in [2.75, 3.05) is 0 Å². The molecule has 0 unspecified atom stereocenters. The van der Waals surface area contributed by atoms with E-state index in [1.807, 2.05) is 18.2 Å². The van der Waals surface area contributed by atoms with Crippen molar-refractivity contribution >= 4 is 17.3 Å². The Labute approximate surface area is 103 Å². The number of hydrogen-bond donors (Lipinski definition) is 0. The Bertz CT molecular complexity index is 300. The summed E-state index contributed by atoms with van der Waals surface area (Å²) < 4.78 is 5.44. The fraction of sp³-hybridized carbons (Fsp3) is 0.538. The fourth-order valence-corrected chi connectivity index (χ4v) is 1.68. The second kappa shape index (κ2) is 8.22. The van der Waals surface area contributed by atoms with E-state index in [1.165, 1.54) is 25.7 Å². The number of ether oxygens (including phenoxy) is 1.